The lowest BCUT2D eigenvalue weighted by atomic mass is 10.1. The molecule has 0 saturated carbocycles. The van der Waals surface area contributed by atoms with Gasteiger partial charge in [0, 0.05) is 6.04 Å². The molecule has 13 heavy (non-hydrogen) atoms. The van der Waals surface area contributed by atoms with Crippen molar-refractivity contribution in [2.75, 3.05) is 7.05 Å². The molecular weight excluding hydrogens is 162 g/mol. The molecule has 2 N–H and O–H groups in total. The lowest BCUT2D eigenvalue weighted by Crippen LogP contribution is -2.22. The van der Waals surface area contributed by atoms with Gasteiger partial charge in [-0.05, 0) is 32.0 Å². The normalized spacial score (nSPS) is 14.8. The molecule has 0 aliphatic carbocycles. The van der Waals surface area contributed by atoms with Gasteiger partial charge in [0.2, 0.25) is 0 Å². The molecule has 0 radical (unpaired) electrons. The van der Waals surface area contributed by atoms with Crippen LogP contribution in [0.3, 0.4) is 0 Å². The van der Waals surface area contributed by atoms with E-state index in [4.69, 9.17) is 5.11 Å². The number of likely N-dealkylation sites (N-methyl/N-ethyl adjacent to an activating group) is 1. The van der Waals surface area contributed by atoms with Crippen LogP contribution in [-0.2, 0) is 0 Å². The monoisotopic (exact) mass is 181 g/mol. The van der Waals surface area contributed by atoms with Crippen LogP contribution in [0.2, 0.25) is 0 Å². The first-order valence-corrected chi connectivity index (χ1v) is 4.55. The molecule has 1 atom stereocenters. The summed E-state index contributed by atoms with van der Waals surface area (Å²) in [7, 11) is 1.89. The molecule has 0 amide bonds. The summed E-state index contributed by atoms with van der Waals surface area (Å²) in [6.45, 7) is 7.55. The van der Waals surface area contributed by atoms with Gasteiger partial charge in [0.05, 0.1) is 0 Å². The molecule has 74 valence electrons. The van der Waals surface area contributed by atoms with Gasteiger partial charge in [-0.1, -0.05) is 25.7 Å². The van der Waals surface area contributed by atoms with Gasteiger partial charge in [-0.3, -0.25) is 0 Å². The Hall–Kier alpha value is -1.02. The van der Waals surface area contributed by atoms with E-state index in [-0.39, 0.29) is 11.8 Å². The molecule has 0 rings (SSSR count). The first kappa shape index (κ1) is 12.0. The predicted octanol–water partition coefficient (Wildman–Crippen LogP) is 2.56. The zero-order valence-corrected chi connectivity index (χ0v) is 8.67. The Labute approximate surface area is 80.7 Å². The average Bonchev–Trinajstić information content (AvgIpc) is 2.10. The summed E-state index contributed by atoms with van der Waals surface area (Å²) in [5, 5.41) is 12.1. The summed E-state index contributed by atoms with van der Waals surface area (Å²) >= 11 is 0. The first-order chi connectivity index (χ1) is 6.11. The van der Waals surface area contributed by atoms with Gasteiger partial charge < -0.3 is 10.4 Å². The van der Waals surface area contributed by atoms with Crippen molar-refractivity contribution in [3.8, 4) is 0 Å². The van der Waals surface area contributed by atoms with Gasteiger partial charge >= 0.3 is 0 Å². The van der Waals surface area contributed by atoms with Crippen molar-refractivity contribution in [1.29, 1.82) is 0 Å². The summed E-state index contributed by atoms with van der Waals surface area (Å²) in [6, 6.07) is 0.228. The quantitative estimate of drug-likeness (QED) is 0.504. The highest BCUT2D eigenvalue weighted by Gasteiger charge is 2.02. The van der Waals surface area contributed by atoms with E-state index in [2.05, 4.69) is 24.9 Å². The molecular formula is C11H19NO. The van der Waals surface area contributed by atoms with Crippen LogP contribution < -0.4 is 5.32 Å². The van der Waals surface area contributed by atoms with Gasteiger partial charge in [-0.25, -0.2) is 0 Å². The number of allylic oxidation sites excluding steroid dienone is 2. The second-order valence-corrected chi connectivity index (χ2v) is 2.96. The molecule has 2 nitrogen and oxygen atoms in total. The molecule has 0 saturated heterocycles. The van der Waals surface area contributed by atoms with Crippen LogP contribution >= 0.6 is 0 Å². The van der Waals surface area contributed by atoms with Crippen LogP contribution in [-0.4, -0.2) is 18.2 Å². The smallest absolute Gasteiger partial charge is 0.108 e. The van der Waals surface area contributed by atoms with E-state index in [1.807, 2.05) is 20.0 Å². The Bertz CT molecular complexity index is 216. The van der Waals surface area contributed by atoms with E-state index >= 15 is 0 Å². The minimum absolute atomic E-state index is 0.0952. The number of aliphatic hydroxyl groups excluding tert-OH is 1. The van der Waals surface area contributed by atoms with Gasteiger partial charge in [0.25, 0.3) is 0 Å². The third kappa shape index (κ3) is 5.26. The van der Waals surface area contributed by atoms with Crippen molar-refractivity contribution < 1.29 is 5.11 Å². The average molecular weight is 181 g/mol. The fourth-order valence-corrected chi connectivity index (χ4v) is 0.930. The largest absolute Gasteiger partial charge is 0.509 e. The summed E-state index contributed by atoms with van der Waals surface area (Å²) in [5.41, 5.74) is 1.04. The van der Waals surface area contributed by atoms with Crippen molar-refractivity contribution in [2.45, 2.75) is 26.3 Å². The van der Waals surface area contributed by atoms with E-state index in [0.29, 0.717) is 0 Å². The van der Waals surface area contributed by atoms with Crippen molar-refractivity contribution in [3.05, 3.63) is 36.1 Å². The fourth-order valence-electron chi connectivity index (χ4n) is 0.930. The minimum atomic E-state index is 0.0952. The van der Waals surface area contributed by atoms with Crippen molar-refractivity contribution in [2.24, 2.45) is 0 Å². The van der Waals surface area contributed by atoms with Crippen LogP contribution in [0, 0.1) is 0 Å². The fraction of sp³-hybridized carbons (Fsp3) is 0.455. The molecule has 0 aliphatic rings. The number of nitrogens with one attached hydrogen (secondary N) is 1. The lowest BCUT2D eigenvalue weighted by molar-refractivity contribution is 0.434. The number of hydrogen-bond donors (Lipinski definition) is 2. The first-order valence-electron chi connectivity index (χ1n) is 4.55. The van der Waals surface area contributed by atoms with Gasteiger partial charge in [-0.15, -0.1) is 0 Å². The second-order valence-electron chi connectivity index (χ2n) is 2.96. The molecule has 0 heterocycles. The Morgan fingerprint density at radius 2 is 2.23 bits per heavy atom. The Balaban J connectivity index is 4.54. The summed E-state index contributed by atoms with van der Waals surface area (Å²) in [4.78, 5) is 0. The Morgan fingerprint density at radius 3 is 2.62 bits per heavy atom. The molecule has 0 aromatic rings. The molecule has 0 unspecified atom stereocenters. The van der Waals surface area contributed by atoms with Crippen LogP contribution in [0.25, 0.3) is 0 Å². The molecule has 0 spiro atoms. The lowest BCUT2D eigenvalue weighted by Gasteiger charge is -2.11. The van der Waals surface area contributed by atoms with Gasteiger partial charge in [-0.2, -0.15) is 0 Å². The highest BCUT2D eigenvalue weighted by atomic mass is 16.3. The second kappa shape index (κ2) is 6.49. The topological polar surface area (TPSA) is 32.3 Å². The molecule has 0 aliphatic heterocycles. The molecule has 0 aromatic carbocycles. The van der Waals surface area contributed by atoms with Crippen LogP contribution in [0.1, 0.15) is 20.3 Å². The zero-order valence-electron chi connectivity index (χ0n) is 8.67. The van der Waals surface area contributed by atoms with E-state index in [1.54, 1.807) is 6.08 Å². The number of aliphatic hydroxyl groups is 1. The van der Waals surface area contributed by atoms with Crippen LogP contribution in [0.4, 0.5) is 0 Å². The maximum atomic E-state index is 9.03. The molecule has 0 bridgehead atoms. The SMILES string of the molecule is C=C(O)/C=C(\C=C/CC)[C@H](C)NC. The summed E-state index contributed by atoms with van der Waals surface area (Å²) in [5.74, 6) is 0.0952. The minimum Gasteiger partial charge on any atom is -0.509 e. The molecule has 2 heteroatoms. The van der Waals surface area contributed by atoms with Crippen LogP contribution in [0.5, 0.6) is 0 Å². The van der Waals surface area contributed by atoms with Gasteiger partial charge in [0.1, 0.15) is 5.76 Å². The maximum Gasteiger partial charge on any atom is 0.108 e. The number of hydrogen-bond acceptors (Lipinski definition) is 2. The standard InChI is InChI=1S/C11H19NO/c1-5-6-7-11(8-9(2)13)10(3)12-4/h6-8,10,12-13H,2,5H2,1,3-4H3/b7-6-,11-8+/t10-/m0/s1. The highest BCUT2D eigenvalue weighted by molar-refractivity contribution is 5.29. The zero-order chi connectivity index (χ0) is 10.3. The highest BCUT2D eigenvalue weighted by Crippen LogP contribution is 2.06. The third-order valence-electron chi connectivity index (χ3n) is 1.81. The maximum absolute atomic E-state index is 9.03. The van der Waals surface area contributed by atoms with Crippen molar-refractivity contribution in [3.63, 3.8) is 0 Å². The summed E-state index contributed by atoms with van der Waals surface area (Å²) in [6.07, 6.45) is 6.73. The molecule has 0 fully saturated rings. The van der Waals surface area contributed by atoms with E-state index in [9.17, 15) is 0 Å². The van der Waals surface area contributed by atoms with E-state index in [0.717, 1.165) is 12.0 Å². The van der Waals surface area contributed by atoms with Crippen LogP contribution in [0.15, 0.2) is 36.1 Å². The third-order valence-corrected chi connectivity index (χ3v) is 1.81. The van der Waals surface area contributed by atoms with E-state index in [1.165, 1.54) is 0 Å². The van der Waals surface area contributed by atoms with E-state index < -0.39 is 0 Å². The Morgan fingerprint density at radius 1 is 1.62 bits per heavy atom. The van der Waals surface area contributed by atoms with Crippen molar-refractivity contribution in [1.82, 2.24) is 5.32 Å². The molecule has 0 aromatic heterocycles. The van der Waals surface area contributed by atoms with Gasteiger partial charge in [0.15, 0.2) is 0 Å². The predicted molar refractivity (Wildman–Crippen MR) is 57.8 cm³/mol. The number of rotatable bonds is 5. The van der Waals surface area contributed by atoms with Crippen molar-refractivity contribution >= 4 is 0 Å². The summed E-state index contributed by atoms with van der Waals surface area (Å²) < 4.78 is 0. The Kier molecular flexibility index (Phi) is 5.98.